The molecular weight excluding hydrogens is 445 g/mol. The first-order valence-electron chi connectivity index (χ1n) is 9.78. The number of carbonyl (C=O) groups excluding carboxylic acids is 1. The highest BCUT2D eigenvalue weighted by molar-refractivity contribution is 7.89. The predicted molar refractivity (Wildman–Crippen MR) is 121 cm³/mol. The van der Waals surface area contributed by atoms with E-state index in [1.165, 1.54) is 17.7 Å². The van der Waals surface area contributed by atoms with Crippen LogP contribution in [-0.4, -0.2) is 40.5 Å². The van der Waals surface area contributed by atoms with Crippen molar-refractivity contribution in [2.45, 2.75) is 24.7 Å². The van der Waals surface area contributed by atoms with E-state index in [9.17, 15) is 13.2 Å². The summed E-state index contributed by atoms with van der Waals surface area (Å²) < 4.78 is 27.0. The highest BCUT2D eigenvalue weighted by atomic mass is 35.5. The van der Waals surface area contributed by atoms with Gasteiger partial charge in [-0.25, -0.2) is 13.1 Å². The average molecular weight is 470 g/mol. The van der Waals surface area contributed by atoms with Crippen LogP contribution in [0.25, 0.3) is 0 Å². The quantitative estimate of drug-likeness (QED) is 0.618. The van der Waals surface area contributed by atoms with Crippen LogP contribution in [0.15, 0.2) is 47.4 Å². The number of hydrogen-bond acceptors (Lipinski definition) is 4. The molecule has 0 bridgehead atoms. The molecule has 1 saturated heterocycles. The second-order valence-electron chi connectivity index (χ2n) is 7.41. The average Bonchev–Trinajstić information content (AvgIpc) is 3.17. The van der Waals surface area contributed by atoms with Crippen molar-refractivity contribution in [1.82, 2.24) is 10.0 Å². The summed E-state index contributed by atoms with van der Waals surface area (Å²) in [7, 11) is -3.74. The number of benzene rings is 2. The van der Waals surface area contributed by atoms with Crippen molar-refractivity contribution >= 4 is 44.8 Å². The molecule has 162 valence electrons. The topological polar surface area (TPSA) is 78.5 Å². The van der Waals surface area contributed by atoms with Gasteiger partial charge in [-0.15, -0.1) is 0 Å². The van der Waals surface area contributed by atoms with Crippen LogP contribution in [0.4, 0.5) is 5.69 Å². The number of hydrogen-bond donors (Lipinski definition) is 2. The van der Waals surface area contributed by atoms with E-state index in [1.807, 2.05) is 18.2 Å². The maximum absolute atomic E-state index is 12.3. The van der Waals surface area contributed by atoms with Crippen LogP contribution in [0.1, 0.15) is 18.4 Å². The van der Waals surface area contributed by atoms with Gasteiger partial charge in [-0.3, -0.25) is 4.79 Å². The standard InChI is InChI=1S/C21H25Cl2N3O3S/c1-15-6-7-17(22)12-19(15)26-11-9-16(14-26)13-24-21(27)8-10-25-30(28,29)20-5-3-2-4-18(20)23/h2-7,12,16,25H,8-11,13-14H2,1H3,(H,24,27). The Morgan fingerprint density at radius 3 is 2.73 bits per heavy atom. The fourth-order valence-corrected chi connectivity index (χ4v) is 5.24. The lowest BCUT2D eigenvalue weighted by molar-refractivity contribution is -0.121. The van der Waals surface area contributed by atoms with Crippen LogP contribution in [0.3, 0.4) is 0 Å². The van der Waals surface area contributed by atoms with Gasteiger partial charge in [-0.05, 0) is 49.1 Å². The molecule has 6 nitrogen and oxygen atoms in total. The molecule has 1 fully saturated rings. The number of carbonyl (C=O) groups is 1. The largest absolute Gasteiger partial charge is 0.371 e. The Morgan fingerprint density at radius 1 is 1.20 bits per heavy atom. The third kappa shape index (κ3) is 5.88. The molecule has 2 aromatic rings. The normalized spacial score (nSPS) is 16.6. The molecule has 0 spiro atoms. The zero-order valence-electron chi connectivity index (χ0n) is 16.7. The molecule has 0 aromatic heterocycles. The highest BCUT2D eigenvalue weighted by Gasteiger charge is 2.24. The Balaban J connectivity index is 1.42. The molecule has 0 aliphatic carbocycles. The van der Waals surface area contributed by atoms with Crippen LogP contribution in [0.5, 0.6) is 0 Å². The summed E-state index contributed by atoms with van der Waals surface area (Å²) in [6, 6.07) is 12.1. The second-order valence-corrected chi connectivity index (χ2v) is 9.99. The van der Waals surface area contributed by atoms with Crippen molar-refractivity contribution in [2.24, 2.45) is 5.92 Å². The zero-order valence-corrected chi connectivity index (χ0v) is 19.0. The maximum atomic E-state index is 12.3. The van der Waals surface area contributed by atoms with Gasteiger partial charge in [0.05, 0.1) is 5.02 Å². The number of sulfonamides is 1. The maximum Gasteiger partial charge on any atom is 0.242 e. The molecule has 3 rings (SSSR count). The molecule has 1 unspecified atom stereocenters. The molecule has 1 aliphatic rings. The predicted octanol–water partition coefficient (Wildman–Crippen LogP) is 3.61. The third-order valence-electron chi connectivity index (χ3n) is 5.16. The molecule has 1 aliphatic heterocycles. The molecule has 0 saturated carbocycles. The van der Waals surface area contributed by atoms with Gasteiger partial charge in [0.25, 0.3) is 0 Å². The summed E-state index contributed by atoms with van der Waals surface area (Å²) in [5, 5.41) is 3.77. The van der Waals surface area contributed by atoms with E-state index in [4.69, 9.17) is 23.2 Å². The molecule has 2 aromatic carbocycles. The Kier molecular flexibility index (Phi) is 7.63. The van der Waals surface area contributed by atoms with Crippen LogP contribution < -0.4 is 14.9 Å². The first-order chi connectivity index (χ1) is 14.3. The van der Waals surface area contributed by atoms with Crippen LogP contribution >= 0.6 is 23.2 Å². The van der Waals surface area contributed by atoms with Gasteiger partial charge >= 0.3 is 0 Å². The Morgan fingerprint density at radius 2 is 1.97 bits per heavy atom. The van der Waals surface area contributed by atoms with Gasteiger partial charge in [0, 0.05) is 43.3 Å². The zero-order chi connectivity index (χ0) is 21.7. The summed E-state index contributed by atoms with van der Waals surface area (Å²) in [6.45, 7) is 4.40. The van der Waals surface area contributed by atoms with E-state index in [-0.39, 0.29) is 28.8 Å². The Bertz CT molecular complexity index is 1010. The first kappa shape index (κ1) is 22.9. The number of aryl methyl sites for hydroxylation is 1. The number of halogens is 2. The van der Waals surface area contributed by atoms with Crippen LogP contribution in [0.2, 0.25) is 10.0 Å². The van der Waals surface area contributed by atoms with Crippen molar-refractivity contribution in [2.75, 3.05) is 31.1 Å². The fraction of sp³-hybridized carbons (Fsp3) is 0.381. The lowest BCUT2D eigenvalue weighted by Gasteiger charge is -2.21. The van der Waals surface area contributed by atoms with Gasteiger partial charge in [-0.2, -0.15) is 0 Å². The fourth-order valence-electron chi connectivity index (χ4n) is 3.53. The lowest BCUT2D eigenvalue weighted by atomic mass is 10.1. The number of nitrogens with one attached hydrogen (secondary N) is 2. The van der Waals surface area contributed by atoms with E-state index >= 15 is 0 Å². The minimum Gasteiger partial charge on any atom is -0.371 e. The summed E-state index contributed by atoms with van der Waals surface area (Å²) in [4.78, 5) is 14.4. The number of rotatable bonds is 8. The summed E-state index contributed by atoms with van der Waals surface area (Å²) in [5.74, 6) is 0.154. The molecule has 9 heteroatoms. The van der Waals surface area contributed by atoms with Crippen molar-refractivity contribution in [3.63, 3.8) is 0 Å². The SMILES string of the molecule is Cc1ccc(Cl)cc1N1CCC(CNC(=O)CCNS(=O)(=O)c2ccccc2Cl)C1. The summed E-state index contributed by atoms with van der Waals surface area (Å²) >= 11 is 12.1. The van der Waals surface area contributed by atoms with E-state index in [2.05, 4.69) is 21.9 Å². The van der Waals surface area contributed by atoms with Gasteiger partial charge < -0.3 is 10.2 Å². The number of nitrogens with zero attached hydrogens (tertiary/aromatic N) is 1. The summed E-state index contributed by atoms with van der Waals surface area (Å²) in [6.07, 6.45) is 1.04. The molecular formula is C21H25Cl2N3O3S. The lowest BCUT2D eigenvalue weighted by Crippen LogP contribution is -2.34. The van der Waals surface area contributed by atoms with Gasteiger partial charge in [0.15, 0.2) is 0 Å². The first-order valence-corrected chi connectivity index (χ1v) is 12.0. The molecule has 1 atom stereocenters. The molecule has 0 radical (unpaired) electrons. The van der Waals surface area contributed by atoms with Gasteiger partial charge in [0.1, 0.15) is 4.90 Å². The smallest absolute Gasteiger partial charge is 0.242 e. The minimum atomic E-state index is -3.74. The highest BCUT2D eigenvalue weighted by Crippen LogP contribution is 2.29. The third-order valence-corrected chi connectivity index (χ3v) is 7.35. The van der Waals surface area contributed by atoms with Gasteiger partial charge in [0.2, 0.25) is 15.9 Å². The van der Waals surface area contributed by atoms with Crippen LogP contribution in [-0.2, 0) is 14.8 Å². The van der Waals surface area contributed by atoms with Crippen molar-refractivity contribution in [1.29, 1.82) is 0 Å². The summed E-state index contributed by atoms with van der Waals surface area (Å²) in [5.41, 5.74) is 2.31. The second kappa shape index (κ2) is 10.0. The number of amides is 1. The van der Waals surface area contributed by atoms with Gasteiger partial charge in [-0.1, -0.05) is 41.4 Å². The van der Waals surface area contributed by atoms with Crippen molar-refractivity contribution < 1.29 is 13.2 Å². The molecule has 2 N–H and O–H groups in total. The van der Waals surface area contributed by atoms with E-state index in [0.717, 1.165) is 25.2 Å². The van der Waals surface area contributed by atoms with E-state index in [1.54, 1.807) is 12.1 Å². The monoisotopic (exact) mass is 469 g/mol. The minimum absolute atomic E-state index is 0.00873. The number of anilines is 1. The Hall–Kier alpha value is -1.80. The Labute approximate surface area is 187 Å². The van der Waals surface area contributed by atoms with Crippen molar-refractivity contribution in [3.05, 3.63) is 58.1 Å². The van der Waals surface area contributed by atoms with E-state index < -0.39 is 10.0 Å². The van der Waals surface area contributed by atoms with Crippen molar-refractivity contribution in [3.8, 4) is 0 Å². The van der Waals surface area contributed by atoms with E-state index in [0.29, 0.717) is 17.5 Å². The molecule has 1 amide bonds. The van der Waals surface area contributed by atoms with Crippen LogP contribution in [0, 0.1) is 12.8 Å². The molecule has 30 heavy (non-hydrogen) atoms. The molecule has 1 heterocycles.